The van der Waals surface area contributed by atoms with E-state index in [1.165, 1.54) is 18.4 Å². The summed E-state index contributed by atoms with van der Waals surface area (Å²) in [6, 6.07) is 11.6. The van der Waals surface area contributed by atoms with Gasteiger partial charge in [-0.3, -0.25) is 15.1 Å². The van der Waals surface area contributed by atoms with Crippen molar-refractivity contribution < 1.29 is 13.9 Å². The molecule has 3 aliphatic rings. The number of aryl methyl sites for hydroxylation is 2. The van der Waals surface area contributed by atoms with Gasteiger partial charge >= 0.3 is 0 Å². The number of hydrogen-bond acceptors (Lipinski definition) is 6. The van der Waals surface area contributed by atoms with Crippen LogP contribution in [-0.2, 0) is 12.8 Å². The van der Waals surface area contributed by atoms with Crippen LogP contribution in [0.2, 0.25) is 0 Å². The summed E-state index contributed by atoms with van der Waals surface area (Å²) in [6.07, 6.45) is 8.05. The summed E-state index contributed by atoms with van der Waals surface area (Å²) in [5.74, 6) is 0.127. The molecule has 1 aliphatic carbocycles. The number of likely N-dealkylation sites (tertiary alicyclic amines) is 1. The van der Waals surface area contributed by atoms with Crippen LogP contribution in [0.25, 0.3) is 11.1 Å². The van der Waals surface area contributed by atoms with Crippen molar-refractivity contribution in [3.8, 4) is 16.9 Å². The van der Waals surface area contributed by atoms with Crippen LogP contribution in [0.1, 0.15) is 65.2 Å². The maximum absolute atomic E-state index is 15.5. The summed E-state index contributed by atoms with van der Waals surface area (Å²) in [4.78, 5) is 19.2. The topological polar surface area (TPSA) is 104 Å². The summed E-state index contributed by atoms with van der Waals surface area (Å²) >= 11 is 0. The molecule has 1 aromatic heterocycles. The van der Waals surface area contributed by atoms with Crippen molar-refractivity contribution in [3.05, 3.63) is 76.2 Å². The molecule has 4 N–H and O–H groups in total. The van der Waals surface area contributed by atoms with E-state index >= 15 is 4.39 Å². The number of benzene rings is 2. The fourth-order valence-electron chi connectivity index (χ4n) is 6.35. The van der Waals surface area contributed by atoms with Gasteiger partial charge in [-0.15, -0.1) is 0 Å². The molecule has 0 spiro atoms. The van der Waals surface area contributed by atoms with Crippen molar-refractivity contribution in [2.45, 2.75) is 57.5 Å². The molecular formula is C31H34FN5O2. The van der Waals surface area contributed by atoms with Crippen molar-refractivity contribution in [3.63, 3.8) is 0 Å². The molecule has 1 fully saturated rings. The minimum atomic E-state index is -0.282. The van der Waals surface area contributed by atoms with E-state index in [-0.39, 0.29) is 23.3 Å². The summed E-state index contributed by atoms with van der Waals surface area (Å²) < 4.78 is 21.2. The molecule has 0 bridgehead atoms. The van der Waals surface area contributed by atoms with Gasteiger partial charge in [0.2, 0.25) is 0 Å². The van der Waals surface area contributed by atoms with Gasteiger partial charge in [0, 0.05) is 40.5 Å². The fraction of sp³-hybridized carbons (Fsp3) is 0.387. The monoisotopic (exact) mass is 527 g/mol. The Bertz CT molecular complexity index is 1460. The van der Waals surface area contributed by atoms with Crippen LogP contribution in [0.15, 0.2) is 42.6 Å². The predicted molar refractivity (Wildman–Crippen MR) is 150 cm³/mol. The molecule has 3 aromatic rings. The number of halogens is 1. The highest BCUT2D eigenvalue weighted by Crippen LogP contribution is 2.34. The van der Waals surface area contributed by atoms with Crippen LogP contribution < -0.4 is 15.8 Å². The first kappa shape index (κ1) is 25.5. The lowest BCUT2D eigenvalue weighted by molar-refractivity contribution is 0.0957. The molecule has 39 heavy (non-hydrogen) atoms. The van der Waals surface area contributed by atoms with Gasteiger partial charge in [0.05, 0.1) is 17.8 Å². The zero-order valence-corrected chi connectivity index (χ0v) is 22.2. The Kier molecular flexibility index (Phi) is 6.81. The largest absolute Gasteiger partial charge is 0.491 e. The molecule has 6 rings (SSSR count). The number of carbonyl (C=O) groups is 1. The molecule has 3 heterocycles. The third-order valence-electron chi connectivity index (χ3n) is 8.52. The minimum Gasteiger partial charge on any atom is -0.491 e. The van der Waals surface area contributed by atoms with Crippen LogP contribution in [0.5, 0.6) is 5.75 Å². The lowest BCUT2D eigenvalue weighted by Crippen LogP contribution is -2.37. The Morgan fingerprint density at radius 3 is 2.69 bits per heavy atom. The van der Waals surface area contributed by atoms with Gasteiger partial charge in [0.1, 0.15) is 24.0 Å². The predicted octanol–water partition coefficient (Wildman–Crippen LogP) is 4.74. The van der Waals surface area contributed by atoms with E-state index in [2.05, 4.69) is 22.1 Å². The van der Waals surface area contributed by atoms with Crippen molar-refractivity contribution in [1.82, 2.24) is 15.2 Å². The smallest absolute Gasteiger partial charge is 0.255 e. The van der Waals surface area contributed by atoms with Crippen molar-refractivity contribution in [2.24, 2.45) is 0 Å². The van der Waals surface area contributed by atoms with Gasteiger partial charge in [-0.2, -0.15) is 0 Å². The van der Waals surface area contributed by atoms with Crippen LogP contribution in [0, 0.1) is 11.2 Å². The quantitative estimate of drug-likeness (QED) is 0.336. The van der Waals surface area contributed by atoms with Crippen LogP contribution in [0.4, 0.5) is 10.2 Å². The molecule has 1 unspecified atom stereocenters. The molecule has 2 aromatic carbocycles. The number of amides is 1. The molecule has 0 saturated carbocycles. The van der Waals surface area contributed by atoms with E-state index in [1.807, 2.05) is 6.07 Å². The Labute approximate surface area is 228 Å². The van der Waals surface area contributed by atoms with Gasteiger partial charge in [-0.05, 0) is 93.5 Å². The highest BCUT2D eigenvalue weighted by atomic mass is 19.1. The number of carbonyl (C=O) groups excluding carboxylic acids is 1. The number of rotatable bonds is 4. The number of nitrogen functional groups attached to an aromatic ring is 1. The molecule has 2 atom stereocenters. The minimum absolute atomic E-state index is 0.135. The number of nitrogens with one attached hydrogen (secondary N) is 2. The lowest BCUT2D eigenvalue weighted by Gasteiger charge is -2.30. The second kappa shape index (κ2) is 10.4. The molecule has 1 saturated heterocycles. The Balaban J connectivity index is 1.29. The normalized spacial score (nSPS) is 21.2. The third-order valence-corrected chi connectivity index (χ3v) is 8.52. The van der Waals surface area contributed by atoms with Gasteiger partial charge in [-0.25, -0.2) is 9.37 Å². The van der Waals surface area contributed by atoms with E-state index in [1.54, 1.807) is 36.5 Å². The SMILES string of the molecule is C[C@@H]1CCCN1C1CCc2cc(F)c(-c3cnc(N)c(C(=N)c4ccc5c(c4)OCCNC5=O)c3)cc2CC1. The van der Waals surface area contributed by atoms with Gasteiger partial charge < -0.3 is 15.8 Å². The van der Waals surface area contributed by atoms with E-state index < -0.39 is 0 Å². The molecule has 1 amide bonds. The summed E-state index contributed by atoms with van der Waals surface area (Å²) in [5, 5.41) is 11.7. The van der Waals surface area contributed by atoms with Gasteiger partial charge in [0.15, 0.2) is 0 Å². The Hall–Kier alpha value is -3.78. The van der Waals surface area contributed by atoms with Crippen molar-refractivity contribution >= 4 is 17.4 Å². The second-order valence-corrected chi connectivity index (χ2v) is 10.9. The first-order chi connectivity index (χ1) is 18.9. The average molecular weight is 528 g/mol. The highest BCUT2D eigenvalue weighted by Gasteiger charge is 2.29. The zero-order chi connectivity index (χ0) is 27.1. The number of anilines is 1. The highest BCUT2D eigenvalue weighted by molar-refractivity contribution is 6.14. The summed E-state index contributed by atoms with van der Waals surface area (Å²) in [7, 11) is 0. The van der Waals surface area contributed by atoms with Crippen LogP contribution >= 0.6 is 0 Å². The lowest BCUT2D eigenvalue weighted by atomic mass is 9.94. The maximum Gasteiger partial charge on any atom is 0.255 e. The first-order valence-electron chi connectivity index (χ1n) is 13.9. The molecular weight excluding hydrogens is 493 g/mol. The van der Waals surface area contributed by atoms with E-state index in [0.717, 1.165) is 37.8 Å². The Morgan fingerprint density at radius 2 is 1.92 bits per heavy atom. The van der Waals surface area contributed by atoms with Gasteiger partial charge in [-0.1, -0.05) is 6.07 Å². The van der Waals surface area contributed by atoms with Gasteiger partial charge in [0.25, 0.3) is 5.91 Å². The Morgan fingerprint density at radius 1 is 1.13 bits per heavy atom. The molecule has 7 nitrogen and oxygen atoms in total. The maximum atomic E-state index is 15.5. The number of aromatic nitrogens is 1. The standard InChI is InChI=1S/C31H34FN5O2/c1-18-3-2-11-37(18)23-7-4-19-13-25(27(32)15-20(19)5-8-23)22-14-26(30(34)36-17-22)29(33)21-6-9-24-28(16-21)39-12-10-35-31(24)38/h6,9,13-18,23,33H,2-5,7-8,10-12H2,1H3,(H2,34,36)(H,35,38)/t18-,23?/m1/s1. The number of hydrogen-bond donors (Lipinski definition) is 3. The van der Waals surface area contributed by atoms with Crippen molar-refractivity contribution in [2.75, 3.05) is 25.4 Å². The molecule has 0 radical (unpaired) electrons. The molecule has 202 valence electrons. The fourth-order valence-corrected chi connectivity index (χ4v) is 6.35. The number of fused-ring (bicyclic) bond motifs is 2. The van der Waals surface area contributed by atoms with Crippen LogP contribution in [-0.4, -0.2) is 53.3 Å². The van der Waals surface area contributed by atoms with E-state index in [4.69, 9.17) is 15.9 Å². The number of pyridine rings is 1. The first-order valence-corrected chi connectivity index (χ1v) is 13.9. The van der Waals surface area contributed by atoms with E-state index in [9.17, 15) is 4.79 Å². The van der Waals surface area contributed by atoms with Crippen molar-refractivity contribution in [1.29, 1.82) is 5.41 Å². The second-order valence-electron chi connectivity index (χ2n) is 10.9. The summed E-state index contributed by atoms with van der Waals surface area (Å²) in [5.41, 5.74) is 11.1. The number of nitrogens with zero attached hydrogens (tertiary/aromatic N) is 2. The molecule has 2 aliphatic heterocycles. The summed E-state index contributed by atoms with van der Waals surface area (Å²) in [6.45, 7) is 4.26. The van der Waals surface area contributed by atoms with E-state index in [0.29, 0.717) is 58.8 Å². The molecule has 8 heteroatoms. The zero-order valence-electron chi connectivity index (χ0n) is 22.2. The van der Waals surface area contributed by atoms with Crippen LogP contribution in [0.3, 0.4) is 0 Å². The number of ether oxygens (including phenoxy) is 1. The third kappa shape index (κ3) is 4.89. The number of nitrogens with two attached hydrogens (primary N) is 1. The average Bonchev–Trinajstić information content (AvgIpc) is 3.14.